The number of hydrogen-bond acceptors (Lipinski definition) is 4. The van der Waals surface area contributed by atoms with Crippen LogP contribution in [0.3, 0.4) is 0 Å². The highest BCUT2D eigenvalue weighted by atomic mass is 16.5. The lowest BCUT2D eigenvalue weighted by Gasteiger charge is -2.28. The molecule has 0 atom stereocenters. The second-order valence-corrected chi connectivity index (χ2v) is 6.03. The number of benzene rings is 1. The summed E-state index contributed by atoms with van der Waals surface area (Å²) in [6.45, 7) is 5.59. The van der Waals surface area contributed by atoms with E-state index in [2.05, 4.69) is 5.32 Å². The monoisotopic (exact) mass is 295 g/mol. The van der Waals surface area contributed by atoms with Gasteiger partial charge >= 0.3 is 0 Å². The van der Waals surface area contributed by atoms with E-state index in [1.807, 2.05) is 44.2 Å². The Labute approximate surface area is 129 Å². The van der Waals surface area contributed by atoms with E-state index in [-0.39, 0.29) is 22.9 Å². The Bertz CT molecular complexity index is 767. The van der Waals surface area contributed by atoms with Gasteiger partial charge in [-0.05, 0) is 45.1 Å². The highest BCUT2D eigenvalue weighted by Gasteiger charge is 2.23. The van der Waals surface area contributed by atoms with Crippen LogP contribution < -0.4 is 10.1 Å². The lowest BCUT2D eigenvalue weighted by molar-refractivity contribution is -0.115. The topological polar surface area (TPSA) is 55.4 Å². The van der Waals surface area contributed by atoms with Crippen LogP contribution in [0.1, 0.15) is 26.3 Å². The van der Waals surface area contributed by atoms with Gasteiger partial charge in [-0.3, -0.25) is 9.59 Å². The van der Waals surface area contributed by atoms with Crippen molar-refractivity contribution in [2.24, 2.45) is 0 Å². The van der Waals surface area contributed by atoms with Gasteiger partial charge in [0.25, 0.3) is 0 Å². The number of fused-ring (bicyclic) bond motifs is 1. The summed E-state index contributed by atoms with van der Waals surface area (Å²) < 4.78 is 5.91. The molecule has 1 N–H and O–H groups in total. The molecule has 1 aromatic rings. The molecule has 0 unspecified atom stereocenters. The largest absolute Gasteiger partial charge is 0.483 e. The zero-order valence-corrected chi connectivity index (χ0v) is 12.8. The van der Waals surface area contributed by atoms with E-state index in [1.54, 1.807) is 6.92 Å². The molecule has 0 bridgehead atoms. The summed E-state index contributed by atoms with van der Waals surface area (Å²) in [4.78, 5) is 23.6. The quantitative estimate of drug-likeness (QED) is 0.851. The van der Waals surface area contributed by atoms with Crippen molar-refractivity contribution in [3.8, 4) is 5.75 Å². The van der Waals surface area contributed by atoms with Crippen molar-refractivity contribution in [3.63, 3.8) is 0 Å². The third-order valence-corrected chi connectivity index (χ3v) is 3.58. The van der Waals surface area contributed by atoms with Gasteiger partial charge in [0, 0.05) is 29.0 Å². The predicted octanol–water partition coefficient (Wildman–Crippen LogP) is 3.26. The molecule has 2 aliphatic rings. The van der Waals surface area contributed by atoms with Crippen LogP contribution in [-0.2, 0) is 9.59 Å². The number of nitrogens with one attached hydrogen (secondary N) is 1. The summed E-state index contributed by atoms with van der Waals surface area (Å²) in [5.74, 6) is 0.399. The van der Waals surface area contributed by atoms with Gasteiger partial charge in [-0.25, -0.2) is 0 Å². The summed E-state index contributed by atoms with van der Waals surface area (Å²) in [5.41, 5.74) is 2.07. The molecule has 3 rings (SSSR count). The number of anilines is 1. The zero-order valence-electron chi connectivity index (χ0n) is 12.8. The molecule has 0 saturated heterocycles. The molecule has 1 aromatic carbocycles. The van der Waals surface area contributed by atoms with E-state index < -0.39 is 0 Å². The average molecular weight is 295 g/mol. The Morgan fingerprint density at radius 1 is 1.14 bits per heavy atom. The van der Waals surface area contributed by atoms with Crippen molar-refractivity contribution in [1.82, 2.24) is 0 Å². The highest BCUT2D eigenvalue weighted by molar-refractivity contribution is 6.21. The fraction of sp³-hybridized carbons (Fsp3) is 0.222. The van der Waals surface area contributed by atoms with E-state index in [0.29, 0.717) is 11.3 Å². The summed E-state index contributed by atoms with van der Waals surface area (Å²) in [5, 5.41) is 3.01. The minimum Gasteiger partial charge on any atom is -0.483 e. The van der Waals surface area contributed by atoms with Gasteiger partial charge in [0.1, 0.15) is 11.4 Å². The number of Topliss-reactive ketones (excluding diaryl/α,β-unsaturated/α-hetero) is 1. The van der Waals surface area contributed by atoms with E-state index in [9.17, 15) is 9.59 Å². The van der Waals surface area contributed by atoms with Crippen molar-refractivity contribution >= 4 is 23.3 Å². The molecular weight excluding hydrogens is 278 g/mol. The summed E-state index contributed by atoms with van der Waals surface area (Å²) in [6, 6.07) is 5.62. The number of carbonyl (C=O) groups is 2. The molecule has 1 heterocycles. The molecule has 0 spiro atoms. The van der Waals surface area contributed by atoms with E-state index in [1.165, 1.54) is 12.2 Å². The van der Waals surface area contributed by atoms with Crippen LogP contribution in [0.15, 0.2) is 47.7 Å². The predicted molar refractivity (Wildman–Crippen MR) is 85.7 cm³/mol. The fourth-order valence-electron chi connectivity index (χ4n) is 2.44. The number of ether oxygens (including phenoxy) is 1. The van der Waals surface area contributed by atoms with Gasteiger partial charge in [-0.1, -0.05) is 6.08 Å². The molecule has 0 amide bonds. The molecule has 0 saturated carbocycles. The molecular formula is C18H17NO3. The first kappa shape index (κ1) is 14.3. The lowest BCUT2D eigenvalue weighted by Crippen LogP contribution is -2.27. The Morgan fingerprint density at radius 2 is 1.91 bits per heavy atom. The molecule has 22 heavy (non-hydrogen) atoms. The molecule has 112 valence electrons. The van der Waals surface area contributed by atoms with Crippen molar-refractivity contribution < 1.29 is 14.3 Å². The van der Waals surface area contributed by atoms with Crippen LogP contribution >= 0.6 is 0 Å². The second-order valence-electron chi connectivity index (χ2n) is 6.03. The van der Waals surface area contributed by atoms with Gasteiger partial charge in [-0.15, -0.1) is 0 Å². The smallest absolute Gasteiger partial charge is 0.205 e. The Balaban J connectivity index is 1.88. The number of rotatable bonds is 2. The number of carbonyl (C=O) groups excluding carboxylic acids is 2. The minimum absolute atomic E-state index is 0.168. The van der Waals surface area contributed by atoms with Crippen LogP contribution in [0.4, 0.5) is 5.69 Å². The Hall–Kier alpha value is -2.62. The fourth-order valence-corrected chi connectivity index (χ4v) is 2.44. The first-order chi connectivity index (χ1) is 10.3. The SMILES string of the molecule is CC1=CC(=O)C=C(Nc2ccc3c(c2)OC(C)(C)C=C3)C1=O. The molecule has 0 radical (unpaired) electrons. The van der Waals surface area contributed by atoms with Crippen molar-refractivity contribution in [3.05, 3.63) is 53.3 Å². The van der Waals surface area contributed by atoms with Crippen LogP contribution in [0.2, 0.25) is 0 Å². The third kappa shape index (κ3) is 2.72. The standard InChI is InChI=1S/C18H17NO3/c1-11-8-14(20)10-15(17(11)21)19-13-5-4-12-6-7-18(2,3)22-16(12)9-13/h4-10,19H,1-3H3. The second kappa shape index (κ2) is 4.98. The van der Waals surface area contributed by atoms with Gasteiger partial charge in [-0.2, -0.15) is 0 Å². The minimum atomic E-state index is -0.360. The first-order valence-electron chi connectivity index (χ1n) is 7.12. The normalized spacial score (nSPS) is 19.0. The molecule has 0 aromatic heterocycles. The van der Waals surface area contributed by atoms with Crippen molar-refractivity contribution in [2.75, 3.05) is 5.32 Å². The molecule has 1 aliphatic heterocycles. The van der Waals surface area contributed by atoms with E-state index >= 15 is 0 Å². The zero-order chi connectivity index (χ0) is 15.9. The number of ketones is 2. The summed E-state index contributed by atoms with van der Waals surface area (Å²) >= 11 is 0. The van der Waals surface area contributed by atoms with Gasteiger partial charge in [0.15, 0.2) is 5.78 Å². The molecule has 1 aliphatic carbocycles. The number of allylic oxidation sites excluding steroid dienone is 3. The Morgan fingerprint density at radius 3 is 2.68 bits per heavy atom. The van der Waals surface area contributed by atoms with Gasteiger partial charge in [0.2, 0.25) is 5.78 Å². The third-order valence-electron chi connectivity index (χ3n) is 3.58. The number of hydrogen-bond donors (Lipinski definition) is 1. The van der Waals surface area contributed by atoms with E-state index in [4.69, 9.17) is 4.74 Å². The van der Waals surface area contributed by atoms with Crippen molar-refractivity contribution in [2.45, 2.75) is 26.4 Å². The molecule has 4 heteroatoms. The maximum atomic E-state index is 12.1. The lowest BCUT2D eigenvalue weighted by atomic mass is 10.0. The maximum absolute atomic E-state index is 12.1. The van der Waals surface area contributed by atoms with E-state index in [0.717, 1.165) is 11.3 Å². The van der Waals surface area contributed by atoms with Crippen molar-refractivity contribution in [1.29, 1.82) is 0 Å². The van der Waals surface area contributed by atoms with Crippen LogP contribution in [0.25, 0.3) is 6.08 Å². The van der Waals surface area contributed by atoms with Gasteiger partial charge < -0.3 is 10.1 Å². The van der Waals surface area contributed by atoms with Crippen LogP contribution in [0.5, 0.6) is 5.75 Å². The van der Waals surface area contributed by atoms with Gasteiger partial charge in [0.05, 0.1) is 5.70 Å². The summed E-state index contributed by atoms with van der Waals surface area (Å²) in [6.07, 6.45) is 6.68. The first-order valence-corrected chi connectivity index (χ1v) is 7.12. The molecule has 4 nitrogen and oxygen atoms in total. The Kier molecular flexibility index (Phi) is 3.24. The highest BCUT2D eigenvalue weighted by Crippen LogP contribution is 2.33. The van der Waals surface area contributed by atoms with Crippen LogP contribution in [-0.4, -0.2) is 17.2 Å². The molecule has 0 fully saturated rings. The van der Waals surface area contributed by atoms with Crippen LogP contribution in [0, 0.1) is 0 Å². The maximum Gasteiger partial charge on any atom is 0.205 e. The average Bonchev–Trinajstić information content (AvgIpc) is 2.43. The summed E-state index contributed by atoms with van der Waals surface area (Å²) in [7, 11) is 0.